The number of primary sulfonamides is 1. The monoisotopic (exact) mass is 319 g/mol. The van der Waals surface area contributed by atoms with Crippen molar-refractivity contribution in [3.05, 3.63) is 28.8 Å². The molecule has 0 aromatic heterocycles. The Morgan fingerprint density at radius 1 is 1.35 bits per heavy atom. The maximum atomic E-state index is 12.0. The van der Waals surface area contributed by atoms with Crippen LogP contribution in [0, 0.1) is 5.92 Å². The standard InChI is InChI=1S/C13H18ClNO4S/c1-8(2)6-9(3)19-13(16)11-7-10(20(15,17)18)4-5-12(11)14/h4-5,7-9H,6H2,1-3H3,(H2,15,17,18). The van der Waals surface area contributed by atoms with E-state index >= 15 is 0 Å². The SMILES string of the molecule is CC(C)CC(C)OC(=O)c1cc(S(N)(=O)=O)ccc1Cl. The van der Waals surface area contributed by atoms with Crippen LogP contribution in [0.2, 0.25) is 5.02 Å². The van der Waals surface area contributed by atoms with Crippen molar-refractivity contribution in [2.75, 3.05) is 0 Å². The summed E-state index contributed by atoms with van der Waals surface area (Å²) in [6.45, 7) is 5.80. The molecule has 0 bridgehead atoms. The maximum absolute atomic E-state index is 12.0. The van der Waals surface area contributed by atoms with Crippen LogP contribution in [0.1, 0.15) is 37.6 Å². The van der Waals surface area contributed by atoms with Gasteiger partial charge in [0.1, 0.15) is 0 Å². The molecule has 2 N–H and O–H groups in total. The van der Waals surface area contributed by atoms with E-state index in [4.69, 9.17) is 21.5 Å². The van der Waals surface area contributed by atoms with Crippen LogP contribution in [0.5, 0.6) is 0 Å². The van der Waals surface area contributed by atoms with Crippen molar-refractivity contribution in [1.29, 1.82) is 0 Å². The van der Waals surface area contributed by atoms with E-state index in [9.17, 15) is 13.2 Å². The number of carbonyl (C=O) groups excluding carboxylic acids is 1. The molecule has 0 aliphatic rings. The molecule has 1 aromatic rings. The average molecular weight is 320 g/mol. The van der Waals surface area contributed by atoms with Crippen LogP contribution in [0.25, 0.3) is 0 Å². The molecular formula is C13H18ClNO4S. The Kier molecular flexibility index (Phi) is 5.56. The summed E-state index contributed by atoms with van der Waals surface area (Å²) in [6.07, 6.45) is 0.426. The highest BCUT2D eigenvalue weighted by atomic mass is 35.5. The minimum atomic E-state index is -3.89. The van der Waals surface area contributed by atoms with Crippen molar-refractivity contribution in [3.63, 3.8) is 0 Å². The number of hydrogen-bond donors (Lipinski definition) is 1. The summed E-state index contributed by atoms with van der Waals surface area (Å²) in [7, 11) is -3.89. The molecule has 0 aliphatic carbocycles. The van der Waals surface area contributed by atoms with E-state index in [1.165, 1.54) is 12.1 Å². The predicted molar refractivity (Wildman–Crippen MR) is 77.2 cm³/mol. The first-order chi connectivity index (χ1) is 9.11. The third-order valence-electron chi connectivity index (χ3n) is 2.60. The lowest BCUT2D eigenvalue weighted by Gasteiger charge is -2.15. The summed E-state index contributed by atoms with van der Waals surface area (Å²) in [5.74, 6) is -0.280. The van der Waals surface area contributed by atoms with Crippen molar-refractivity contribution in [3.8, 4) is 0 Å². The van der Waals surface area contributed by atoms with Crippen LogP contribution in [-0.2, 0) is 14.8 Å². The summed E-state index contributed by atoms with van der Waals surface area (Å²) in [4.78, 5) is 11.8. The molecule has 5 nitrogen and oxygen atoms in total. The first-order valence-electron chi connectivity index (χ1n) is 6.14. The van der Waals surface area contributed by atoms with E-state index in [-0.39, 0.29) is 21.6 Å². The van der Waals surface area contributed by atoms with Crippen molar-refractivity contribution in [2.45, 2.75) is 38.2 Å². The predicted octanol–water partition coefficient (Wildman–Crippen LogP) is 2.58. The molecule has 0 spiro atoms. The van der Waals surface area contributed by atoms with Crippen molar-refractivity contribution in [2.24, 2.45) is 11.1 Å². The van der Waals surface area contributed by atoms with Crippen LogP contribution in [-0.4, -0.2) is 20.5 Å². The van der Waals surface area contributed by atoms with Gasteiger partial charge in [0, 0.05) is 0 Å². The minimum absolute atomic E-state index is 0.00574. The Hall–Kier alpha value is -1.11. The molecule has 0 radical (unpaired) electrons. The lowest BCUT2D eigenvalue weighted by Crippen LogP contribution is -2.18. The Balaban J connectivity index is 2.98. The first-order valence-corrected chi connectivity index (χ1v) is 8.07. The van der Waals surface area contributed by atoms with E-state index < -0.39 is 16.0 Å². The number of sulfonamides is 1. The number of carbonyl (C=O) groups is 1. The summed E-state index contributed by atoms with van der Waals surface area (Å²) in [5, 5.41) is 5.14. The van der Waals surface area contributed by atoms with E-state index in [0.29, 0.717) is 12.3 Å². The zero-order valence-corrected chi connectivity index (χ0v) is 13.2. The molecule has 0 heterocycles. The van der Waals surface area contributed by atoms with Crippen molar-refractivity contribution >= 4 is 27.6 Å². The van der Waals surface area contributed by atoms with Crippen molar-refractivity contribution in [1.82, 2.24) is 0 Å². The Labute approximate surface area is 124 Å². The molecule has 1 atom stereocenters. The summed E-state index contributed by atoms with van der Waals surface area (Å²) in [5.41, 5.74) is -0.00574. The second-order valence-corrected chi connectivity index (χ2v) is 7.00. The van der Waals surface area contributed by atoms with Gasteiger partial charge in [0.2, 0.25) is 10.0 Å². The number of benzene rings is 1. The van der Waals surface area contributed by atoms with Gasteiger partial charge in [0.15, 0.2) is 0 Å². The molecular weight excluding hydrogens is 302 g/mol. The molecule has 0 aliphatic heterocycles. The first kappa shape index (κ1) is 16.9. The second kappa shape index (κ2) is 6.56. The van der Waals surface area contributed by atoms with Gasteiger partial charge in [-0.05, 0) is 37.5 Å². The second-order valence-electron chi connectivity index (χ2n) is 5.03. The summed E-state index contributed by atoms with van der Waals surface area (Å²) >= 11 is 5.89. The van der Waals surface area contributed by atoms with Gasteiger partial charge in [-0.1, -0.05) is 25.4 Å². The van der Waals surface area contributed by atoms with E-state index in [2.05, 4.69) is 0 Å². The summed E-state index contributed by atoms with van der Waals surface area (Å²) in [6, 6.07) is 3.68. The minimum Gasteiger partial charge on any atom is -0.459 e. The Morgan fingerprint density at radius 3 is 2.45 bits per heavy atom. The molecule has 1 aromatic carbocycles. The maximum Gasteiger partial charge on any atom is 0.339 e. The van der Waals surface area contributed by atoms with Crippen LogP contribution in [0.3, 0.4) is 0 Å². The number of ether oxygens (including phenoxy) is 1. The van der Waals surface area contributed by atoms with Gasteiger partial charge in [-0.2, -0.15) is 0 Å². The van der Waals surface area contributed by atoms with E-state index in [1.807, 2.05) is 13.8 Å². The fourth-order valence-electron chi connectivity index (χ4n) is 1.80. The highest BCUT2D eigenvalue weighted by Gasteiger charge is 2.19. The average Bonchev–Trinajstić information content (AvgIpc) is 2.26. The van der Waals surface area contributed by atoms with Crippen LogP contribution < -0.4 is 5.14 Å². The van der Waals surface area contributed by atoms with Gasteiger partial charge in [-0.25, -0.2) is 18.4 Å². The van der Waals surface area contributed by atoms with Crippen LogP contribution >= 0.6 is 11.6 Å². The molecule has 0 fully saturated rings. The van der Waals surface area contributed by atoms with E-state index in [1.54, 1.807) is 6.92 Å². The zero-order chi connectivity index (χ0) is 15.5. The van der Waals surface area contributed by atoms with Crippen LogP contribution in [0.15, 0.2) is 23.1 Å². The quantitative estimate of drug-likeness (QED) is 0.845. The van der Waals surface area contributed by atoms with Gasteiger partial charge in [-0.3, -0.25) is 0 Å². The fourth-order valence-corrected chi connectivity index (χ4v) is 2.53. The molecule has 20 heavy (non-hydrogen) atoms. The molecule has 0 saturated carbocycles. The lowest BCUT2D eigenvalue weighted by atomic mass is 10.1. The largest absolute Gasteiger partial charge is 0.459 e. The van der Waals surface area contributed by atoms with Gasteiger partial charge >= 0.3 is 5.97 Å². The highest BCUT2D eigenvalue weighted by Crippen LogP contribution is 2.22. The number of halogens is 1. The fraction of sp³-hybridized carbons (Fsp3) is 0.462. The van der Waals surface area contributed by atoms with Gasteiger partial charge in [0.05, 0.1) is 21.6 Å². The topological polar surface area (TPSA) is 86.5 Å². The third-order valence-corrected chi connectivity index (χ3v) is 3.84. The number of rotatable bonds is 5. The Morgan fingerprint density at radius 2 is 1.95 bits per heavy atom. The molecule has 112 valence electrons. The van der Waals surface area contributed by atoms with Crippen LogP contribution in [0.4, 0.5) is 0 Å². The third kappa shape index (κ3) is 4.77. The Bertz CT molecular complexity index is 598. The van der Waals surface area contributed by atoms with Gasteiger partial charge < -0.3 is 4.74 Å². The molecule has 0 saturated heterocycles. The molecule has 1 unspecified atom stereocenters. The number of esters is 1. The number of nitrogens with two attached hydrogens (primary N) is 1. The highest BCUT2D eigenvalue weighted by molar-refractivity contribution is 7.89. The van der Waals surface area contributed by atoms with Crippen molar-refractivity contribution < 1.29 is 17.9 Å². The molecule has 0 amide bonds. The van der Waals surface area contributed by atoms with E-state index in [0.717, 1.165) is 6.07 Å². The molecule has 1 rings (SSSR count). The normalized spacial score (nSPS) is 13.3. The zero-order valence-electron chi connectivity index (χ0n) is 11.6. The lowest BCUT2D eigenvalue weighted by molar-refractivity contribution is 0.0299. The smallest absolute Gasteiger partial charge is 0.339 e. The summed E-state index contributed by atoms with van der Waals surface area (Å²) < 4.78 is 27.8. The molecule has 7 heteroatoms. The van der Waals surface area contributed by atoms with Gasteiger partial charge in [-0.15, -0.1) is 0 Å². The van der Waals surface area contributed by atoms with Gasteiger partial charge in [0.25, 0.3) is 0 Å². The number of hydrogen-bond acceptors (Lipinski definition) is 4.